The van der Waals surface area contributed by atoms with E-state index in [0.29, 0.717) is 12.8 Å². The molecule has 1 aliphatic heterocycles. The maximum absolute atomic E-state index is 12.1. The Morgan fingerprint density at radius 3 is 2.17 bits per heavy atom. The molecule has 2 rings (SSSR count). The molecule has 2 amide bonds. The molecule has 1 aliphatic carbocycles. The van der Waals surface area contributed by atoms with Crippen molar-refractivity contribution in [3.8, 4) is 0 Å². The first-order chi connectivity index (χ1) is 8.33. The summed E-state index contributed by atoms with van der Waals surface area (Å²) in [5, 5.41) is 0. The Morgan fingerprint density at radius 2 is 1.78 bits per heavy atom. The van der Waals surface area contributed by atoms with Crippen molar-refractivity contribution >= 4 is 17.8 Å². The number of imide groups is 1. The third-order valence-electron chi connectivity index (χ3n) is 3.91. The molecule has 0 unspecified atom stereocenters. The normalized spacial score (nSPS) is 31.4. The fraction of sp³-hybridized carbons (Fsp3) is 0.769. The summed E-state index contributed by atoms with van der Waals surface area (Å²) >= 11 is 0. The molecule has 0 atom stereocenters. The van der Waals surface area contributed by atoms with Crippen LogP contribution in [0.1, 0.15) is 46.5 Å². The van der Waals surface area contributed by atoms with Crippen LogP contribution < -0.4 is 0 Å². The number of hydrogen-bond donors (Lipinski definition) is 0. The zero-order valence-electron chi connectivity index (χ0n) is 11.1. The maximum Gasteiger partial charge on any atom is 0.417 e. The number of nitrogens with zero attached hydrogens (tertiary/aromatic N) is 1. The molecule has 18 heavy (non-hydrogen) atoms. The molecule has 0 N–H and O–H groups in total. The Kier molecular flexibility index (Phi) is 3.17. The van der Waals surface area contributed by atoms with Crippen molar-refractivity contribution in [2.45, 2.75) is 58.1 Å². The zero-order chi connectivity index (χ0) is 13.5. The topological polar surface area (TPSA) is 63.7 Å². The molecule has 5 heteroatoms. The number of carbonyl (C=O) groups excluding carboxylic acids is 3. The van der Waals surface area contributed by atoms with Gasteiger partial charge in [-0.1, -0.05) is 0 Å². The fourth-order valence-corrected chi connectivity index (χ4v) is 2.74. The lowest BCUT2D eigenvalue weighted by Crippen LogP contribution is -2.44. The second-order valence-electron chi connectivity index (χ2n) is 5.67. The third-order valence-corrected chi connectivity index (χ3v) is 3.91. The van der Waals surface area contributed by atoms with Crippen molar-refractivity contribution in [1.29, 1.82) is 0 Å². The third kappa shape index (κ3) is 2.13. The van der Waals surface area contributed by atoms with Crippen LogP contribution in [-0.4, -0.2) is 34.3 Å². The average Bonchev–Trinajstić information content (AvgIpc) is 2.48. The molecule has 0 radical (unpaired) electrons. The minimum absolute atomic E-state index is 0.0861. The Morgan fingerprint density at radius 1 is 1.22 bits per heavy atom. The summed E-state index contributed by atoms with van der Waals surface area (Å²) in [5.41, 5.74) is -1.05. The molecular weight excluding hydrogens is 234 g/mol. The average molecular weight is 253 g/mol. The van der Waals surface area contributed by atoms with Crippen LogP contribution in [0.25, 0.3) is 0 Å². The van der Waals surface area contributed by atoms with Gasteiger partial charge in [-0.25, -0.2) is 9.69 Å². The van der Waals surface area contributed by atoms with E-state index in [1.807, 2.05) is 0 Å². The highest BCUT2D eigenvalue weighted by Gasteiger charge is 2.50. The number of amides is 2. The summed E-state index contributed by atoms with van der Waals surface area (Å²) < 4.78 is 5.07. The second kappa shape index (κ2) is 4.37. The van der Waals surface area contributed by atoms with Crippen LogP contribution in [0.3, 0.4) is 0 Å². The van der Waals surface area contributed by atoms with Gasteiger partial charge in [-0.3, -0.25) is 9.59 Å². The molecule has 1 saturated carbocycles. The van der Waals surface area contributed by atoms with Gasteiger partial charge in [0.25, 0.3) is 5.91 Å². The predicted octanol–water partition coefficient (Wildman–Crippen LogP) is 1.89. The Balaban J connectivity index is 2.04. The Bertz CT molecular complexity index is 394. The smallest absolute Gasteiger partial charge is 0.417 e. The highest BCUT2D eigenvalue weighted by atomic mass is 16.6. The minimum atomic E-state index is -1.05. The molecule has 0 aromatic heterocycles. The van der Waals surface area contributed by atoms with E-state index >= 15 is 0 Å². The molecular formula is C13H19NO4. The highest BCUT2D eigenvalue weighted by Crippen LogP contribution is 2.33. The van der Waals surface area contributed by atoms with Gasteiger partial charge in [0.15, 0.2) is 5.60 Å². The lowest BCUT2D eigenvalue weighted by Gasteiger charge is -2.31. The molecule has 1 heterocycles. The van der Waals surface area contributed by atoms with Crippen molar-refractivity contribution in [3.63, 3.8) is 0 Å². The minimum Gasteiger partial charge on any atom is -0.433 e. The van der Waals surface area contributed by atoms with Crippen LogP contribution in [0.5, 0.6) is 0 Å². The van der Waals surface area contributed by atoms with Crippen molar-refractivity contribution in [2.24, 2.45) is 5.92 Å². The molecule has 1 saturated heterocycles. The van der Waals surface area contributed by atoms with Gasteiger partial charge in [-0.15, -0.1) is 0 Å². The first-order valence-corrected chi connectivity index (χ1v) is 6.40. The molecule has 0 aromatic carbocycles. The first kappa shape index (κ1) is 13.1. The van der Waals surface area contributed by atoms with Gasteiger partial charge in [-0.2, -0.15) is 0 Å². The summed E-state index contributed by atoms with van der Waals surface area (Å²) in [4.78, 5) is 36.3. The number of ketones is 1. The van der Waals surface area contributed by atoms with Gasteiger partial charge in [-0.05, 0) is 46.5 Å². The quantitative estimate of drug-likeness (QED) is 0.754. The van der Waals surface area contributed by atoms with Crippen LogP contribution >= 0.6 is 0 Å². The van der Waals surface area contributed by atoms with Crippen LogP contribution in [0.2, 0.25) is 0 Å². The van der Waals surface area contributed by atoms with E-state index in [0.717, 1.165) is 12.8 Å². The fourth-order valence-electron chi connectivity index (χ4n) is 2.74. The predicted molar refractivity (Wildman–Crippen MR) is 63.8 cm³/mol. The van der Waals surface area contributed by atoms with Crippen molar-refractivity contribution in [1.82, 2.24) is 4.90 Å². The van der Waals surface area contributed by atoms with E-state index in [2.05, 4.69) is 0 Å². The summed E-state index contributed by atoms with van der Waals surface area (Å²) in [7, 11) is 0. The molecule has 2 aliphatic rings. The van der Waals surface area contributed by atoms with Gasteiger partial charge in [0, 0.05) is 12.0 Å². The van der Waals surface area contributed by atoms with Gasteiger partial charge >= 0.3 is 6.09 Å². The van der Waals surface area contributed by atoms with E-state index in [-0.39, 0.29) is 23.7 Å². The number of Topliss-reactive ketones (excluding diaryl/α,β-unsaturated/α-hetero) is 1. The maximum atomic E-state index is 12.1. The van der Waals surface area contributed by atoms with Crippen molar-refractivity contribution < 1.29 is 19.1 Å². The van der Waals surface area contributed by atoms with E-state index in [4.69, 9.17) is 4.74 Å². The second-order valence-corrected chi connectivity index (χ2v) is 5.67. The zero-order valence-corrected chi connectivity index (χ0v) is 11.1. The largest absolute Gasteiger partial charge is 0.433 e. The van der Waals surface area contributed by atoms with Crippen LogP contribution in [0.15, 0.2) is 0 Å². The van der Waals surface area contributed by atoms with Crippen LogP contribution in [0, 0.1) is 5.92 Å². The monoisotopic (exact) mass is 253 g/mol. The lowest BCUT2D eigenvalue weighted by atomic mass is 9.83. The summed E-state index contributed by atoms with van der Waals surface area (Å²) in [6.07, 6.45) is 2.34. The summed E-state index contributed by atoms with van der Waals surface area (Å²) in [6, 6.07) is -0.109. The van der Waals surface area contributed by atoms with Gasteiger partial charge in [0.05, 0.1) is 0 Å². The number of rotatable bonds is 2. The Labute approximate surface area is 106 Å². The first-order valence-electron chi connectivity index (χ1n) is 6.40. The summed E-state index contributed by atoms with van der Waals surface area (Å²) in [5.74, 6) is 0.0193. The standard InChI is InChI=1S/C13H19NO4/c1-8(15)9-4-6-10(7-5-9)14-11(16)13(2,3)18-12(14)17/h9-10H,4-7H2,1-3H3/t9-,10-. The van der Waals surface area contributed by atoms with Gasteiger partial charge < -0.3 is 4.74 Å². The Hall–Kier alpha value is -1.39. The number of hydrogen-bond acceptors (Lipinski definition) is 4. The van der Waals surface area contributed by atoms with E-state index < -0.39 is 11.7 Å². The van der Waals surface area contributed by atoms with E-state index in [9.17, 15) is 14.4 Å². The number of ether oxygens (including phenoxy) is 1. The molecule has 5 nitrogen and oxygen atoms in total. The number of cyclic esters (lactones) is 1. The number of carbonyl (C=O) groups is 3. The van der Waals surface area contributed by atoms with Crippen LogP contribution in [0.4, 0.5) is 4.79 Å². The molecule has 0 spiro atoms. The van der Waals surface area contributed by atoms with Gasteiger partial charge in [0.1, 0.15) is 5.78 Å². The lowest BCUT2D eigenvalue weighted by molar-refractivity contribution is -0.136. The summed E-state index contributed by atoms with van der Waals surface area (Å²) in [6.45, 7) is 4.81. The van der Waals surface area contributed by atoms with Crippen LogP contribution in [-0.2, 0) is 14.3 Å². The van der Waals surface area contributed by atoms with E-state index in [1.54, 1.807) is 20.8 Å². The van der Waals surface area contributed by atoms with Crippen molar-refractivity contribution in [2.75, 3.05) is 0 Å². The van der Waals surface area contributed by atoms with E-state index in [1.165, 1.54) is 4.90 Å². The molecule has 0 aromatic rings. The molecule has 0 bridgehead atoms. The van der Waals surface area contributed by atoms with Gasteiger partial charge in [0.2, 0.25) is 0 Å². The molecule has 100 valence electrons. The van der Waals surface area contributed by atoms with Crippen molar-refractivity contribution in [3.05, 3.63) is 0 Å². The highest BCUT2D eigenvalue weighted by molar-refractivity contribution is 6.02. The SMILES string of the molecule is CC(=O)[C@H]1CC[C@H](N2C(=O)OC(C)(C)C2=O)CC1. The molecule has 2 fully saturated rings.